The smallest absolute Gasteiger partial charge is 0.255 e. The zero-order chi connectivity index (χ0) is 18.7. The summed E-state index contributed by atoms with van der Waals surface area (Å²) in [5.41, 5.74) is 1.60. The Morgan fingerprint density at radius 2 is 1.81 bits per heavy atom. The third kappa shape index (κ3) is 3.96. The van der Waals surface area contributed by atoms with Crippen molar-refractivity contribution in [3.8, 4) is 11.5 Å². The first-order valence-electron chi connectivity index (χ1n) is 8.46. The van der Waals surface area contributed by atoms with Gasteiger partial charge in [0.05, 0.1) is 19.9 Å². The first kappa shape index (κ1) is 17.8. The molecule has 0 radical (unpaired) electrons. The van der Waals surface area contributed by atoms with Gasteiger partial charge in [0.1, 0.15) is 11.5 Å². The molecule has 2 unspecified atom stereocenters. The number of hydrogen-bond acceptors (Lipinski definition) is 4. The van der Waals surface area contributed by atoms with Gasteiger partial charge in [-0.2, -0.15) is 0 Å². The zero-order valence-electron chi connectivity index (χ0n) is 15.0. The molecule has 2 N–H and O–H groups in total. The third-order valence-corrected chi connectivity index (χ3v) is 4.50. The molecule has 1 fully saturated rings. The Kier molecular flexibility index (Phi) is 5.11. The summed E-state index contributed by atoms with van der Waals surface area (Å²) in [6.07, 6.45) is 0.920. The van der Waals surface area contributed by atoms with Gasteiger partial charge in [0.15, 0.2) is 0 Å². The monoisotopic (exact) mass is 354 g/mol. The summed E-state index contributed by atoms with van der Waals surface area (Å²) in [7, 11) is 3.09. The molecule has 6 heteroatoms. The highest BCUT2D eigenvalue weighted by molar-refractivity contribution is 6.06. The van der Waals surface area contributed by atoms with Crippen molar-refractivity contribution in [2.24, 2.45) is 11.8 Å². The molecule has 26 heavy (non-hydrogen) atoms. The van der Waals surface area contributed by atoms with Crippen molar-refractivity contribution in [1.29, 1.82) is 0 Å². The minimum absolute atomic E-state index is 0.00637. The molecule has 0 aromatic heterocycles. The number of ether oxygens (including phenoxy) is 2. The second kappa shape index (κ2) is 7.47. The normalized spacial score (nSPS) is 18.0. The number of methoxy groups -OCH3 is 2. The van der Waals surface area contributed by atoms with Gasteiger partial charge in [-0.15, -0.1) is 0 Å². The molecule has 0 aliphatic heterocycles. The Morgan fingerprint density at radius 1 is 1.04 bits per heavy atom. The second-order valence-electron chi connectivity index (χ2n) is 6.41. The zero-order valence-corrected chi connectivity index (χ0v) is 15.0. The van der Waals surface area contributed by atoms with Crippen LogP contribution in [0.5, 0.6) is 11.5 Å². The summed E-state index contributed by atoms with van der Waals surface area (Å²) < 4.78 is 10.4. The third-order valence-electron chi connectivity index (χ3n) is 4.50. The summed E-state index contributed by atoms with van der Waals surface area (Å²) >= 11 is 0. The van der Waals surface area contributed by atoms with Crippen molar-refractivity contribution >= 4 is 23.2 Å². The van der Waals surface area contributed by atoms with Gasteiger partial charge in [-0.25, -0.2) is 0 Å². The maximum Gasteiger partial charge on any atom is 0.255 e. The van der Waals surface area contributed by atoms with E-state index >= 15 is 0 Å². The van der Waals surface area contributed by atoms with Crippen LogP contribution in [-0.2, 0) is 4.79 Å². The topological polar surface area (TPSA) is 76.7 Å². The van der Waals surface area contributed by atoms with Crippen LogP contribution in [0.4, 0.5) is 11.4 Å². The van der Waals surface area contributed by atoms with E-state index in [0.29, 0.717) is 34.4 Å². The van der Waals surface area contributed by atoms with E-state index in [1.165, 1.54) is 7.11 Å². The van der Waals surface area contributed by atoms with E-state index in [2.05, 4.69) is 17.6 Å². The SMILES string of the molecule is COc1ccc(NC(=O)c2cccc(NC(=O)C3CC3C)c2)c(OC)c1. The highest BCUT2D eigenvalue weighted by Crippen LogP contribution is 2.38. The average molecular weight is 354 g/mol. The van der Waals surface area contributed by atoms with E-state index in [-0.39, 0.29) is 17.7 Å². The summed E-state index contributed by atoms with van der Waals surface area (Å²) in [6, 6.07) is 12.0. The van der Waals surface area contributed by atoms with E-state index in [9.17, 15) is 9.59 Å². The molecule has 2 atom stereocenters. The lowest BCUT2D eigenvalue weighted by atomic mass is 10.1. The molecule has 1 saturated carbocycles. The fourth-order valence-corrected chi connectivity index (χ4v) is 2.76. The van der Waals surface area contributed by atoms with Gasteiger partial charge in [0.25, 0.3) is 5.91 Å². The molecular weight excluding hydrogens is 332 g/mol. The van der Waals surface area contributed by atoms with Gasteiger partial charge >= 0.3 is 0 Å². The predicted molar refractivity (Wildman–Crippen MR) is 99.8 cm³/mol. The molecule has 136 valence electrons. The first-order chi connectivity index (χ1) is 12.5. The van der Waals surface area contributed by atoms with Crippen molar-refractivity contribution < 1.29 is 19.1 Å². The number of benzene rings is 2. The highest BCUT2D eigenvalue weighted by atomic mass is 16.5. The van der Waals surface area contributed by atoms with Crippen LogP contribution in [-0.4, -0.2) is 26.0 Å². The number of amides is 2. The Balaban J connectivity index is 1.72. The molecule has 1 aliphatic rings. The highest BCUT2D eigenvalue weighted by Gasteiger charge is 2.39. The molecule has 6 nitrogen and oxygen atoms in total. The van der Waals surface area contributed by atoms with Crippen LogP contribution in [0.3, 0.4) is 0 Å². The molecule has 2 aromatic rings. The summed E-state index contributed by atoms with van der Waals surface area (Å²) in [5, 5.41) is 5.69. The van der Waals surface area contributed by atoms with Crippen LogP contribution in [0.15, 0.2) is 42.5 Å². The second-order valence-corrected chi connectivity index (χ2v) is 6.41. The quantitative estimate of drug-likeness (QED) is 0.832. The Morgan fingerprint density at radius 3 is 2.46 bits per heavy atom. The van der Waals surface area contributed by atoms with E-state index in [1.807, 2.05) is 0 Å². The molecule has 0 heterocycles. The number of nitrogens with one attached hydrogen (secondary N) is 2. The number of carbonyl (C=O) groups is 2. The molecule has 0 spiro atoms. The molecule has 1 aliphatic carbocycles. The lowest BCUT2D eigenvalue weighted by molar-refractivity contribution is -0.117. The molecule has 2 amide bonds. The largest absolute Gasteiger partial charge is 0.497 e. The van der Waals surface area contributed by atoms with Crippen molar-refractivity contribution in [3.63, 3.8) is 0 Å². The van der Waals surface area contributed by atoms with Crippen LogP contribution < -0.4 is 20.1 Å². The van der Waals surface area contributed by atoms with E-state index in [1.54, 1.807) is 49.6 Å². The number of rotatable bonds is 6. The first-order valence-corrected chi connectivity index (χ1v) is 8.46. The Labute approximate surface area is 152 Å². The van der Waals surface area contributed by atoms with Gasteiger partial charge in [-0.3, -0.25) is 9.59 Å². The Hall–Kier alpha value is -3.02. The van der Waals surface area contributed by atoms with Gasteiger partial charge in [-0.05, 0) is 42.7 Å². The number of carbonyl (C=O) groups excluding carboxylic acids is 2. The van der Waals surface area contributed by atoms with E-state index in [0.717, 1.165) is 6.42 Å². The van der Waals surface area contributed by atoms with Crippen LogP contribution in [0, 0.1) is 11.8 Å². The van der Waals surface area contributed by atoms with Crippen LogP contribution in [0.1, 0.15) is 23.7 Å². The van der Waals surface area contributed by atoms with Gasteiger partial charge in [-0.1, -0.05) is 13.0 Å². The van der Waals surface area contributed by atoms with Crippen molar-refractivity contribution in [2.45, 2.75) is 13.3 Å². The van der Waals surface area contributed by atoms with Crippen molar-refractivity contribution in [1.82, 2.24) is 0 Å². The summed E-state index contributed by atoms with van der Waals surface area (Å²) in [6.45, 7) is 2.05. The average Bonchev–Trinajstić information content (AvgIpc) is 3.39. The fourth-order valence-electron chi connectivity index (χ4n) is 2.76. The van der Waals surface area contributed by atoms with E-state index in [4.69, 9.17) is 9.47 Å². The van der Waals surface area contributed by atoms with Crippen molar-refractivity contribution in [2.75, 3.05) is 24.9 Å². The van der Waals surface area contributed by atoms with Crippen LogP contribution in [0.25, 0.3) is 0 Å². The molecule has 2 aromatic carbocycles. The minimum Gasteiger partial charge on any atom is -0.497 e. The maximum absolute atomic E-state index is 12.6. The van der Waals surface area contributed by atoms with Gasteiger partial charge in [0, 0.05) is 23.2 Å². The fraction of sp³-hybridized carbons (Fsp3) is 0.300. The predicted octanol–water partition coefficient (Wildman–Crippen LogP) is 3.55. The molecular formula is C20H22N2O4. The minimum atomic E-state index is -0.288. The maximum atomic E-state index is 12.6. The summed E-state index contributed by atoms with van der Waals surface area (Å²) in [5.74, 6) is 1.38. The Bertz CT molecular complexity index is 834. The standard InChI is InChI=1S/C20H22N2O4/c1-12-9-16(12)20(24)21-14-6-4-5-13(10-14)19(23)22-17-8-7-15(25-2)11-18(17)26-3/h4-8,10-12,16H,9H2,1-3H3,(H,21,24)(H,22,23). The summed E-state index contributed by atoms with van der Waals surface area (Å²) in [4.78, 5) is 24.6. The number of anilines is 2. The van der Waals surface area contributed by atoms with Crippen molar-refractivity contribution in [3.05, 3.63) is 48.0 Å². The number of hydrogen-bond donors (Lipinski definition) is 2. The lowest BCUT2D eigenvalue weighted by Crippen LogP contribution is -2.16. The van der Waals surface area contributed by atoms with Gasteiger partial charge < -0.3 is 20.1 Å². The van der Waals surface area contributed by atoms with Gasteiger partial charge in [0.2, 0.25) is 5.91 Å². The van der Waals surface area contributed by atoms with E-state index < -0.39 is 0 Å². The molecule has 0 bridgehead atoms. The molecule has 3 rings (SSSR count). The van der Waals surface area contributed by atoms with Crippen LogP contribution >= 0.6 is 0 Å². The molecule has 0 saturated heterocycles. The van der Waals surface area contributed by atoms with Crippen LogP contribution in [0.2, 0.25) is 0 Å². The lowest BCUT2D eigenvalue weighted by Gasteiger charge is -2.12.